The highest BCUT2D eigenvalue weighted by atomic mass is 32.1. The molecule has 9 nitrogen and oxygen atoms in total. The van der Waals surface area contributed by atoms with Gasteiger partial charge in [-0.2, -0.15) is 12.5 Å². The first kappa shape index (κ1) is 28.0. The standard InChI is InChI=1S/C28H41BN4O5S/c1-7-35-21-11-9-20(10-12-21)33-24-13-8-19(25-17(2)32-38-18(25)3)16-23(24)30-26(33)22(14-15-36-29-39)31-27(34)37-28(4,5)6/h8,13,16,20-22,29,39H,7,9-12,14-15H2,1-6H3,(H,31,34)/t20?,21?,22-/m1/s1/i29T. The number of alkyl carbamates (subject to hydrolysis) is 1. The molecular formula is C28H41BN4O5S. The molecule has 212 valence electrons. The summed E-state index contributed by atoms with van der Waals surface area (Å²) in [5.74, 6) is 1.49. The number of carbonyl (C=O) groups excluding carboxylic acids is 1. The van der Waals surface area contributed by atoms with Crippen molar-refractivity contribution in [3.05, 3.63) is 35.5 Å². The summed E-state index contributed by atoms with van der Waals surface area (Å²) in [4.78, 5) is 18.1. The Balaban J connectivity index is 1.77. The van der Waals surface area contributed by atoms with Gasteiger partial charge in [0.25, 0.3) is 0 Å². The summed E-state index contributed by atoms with van der Waals surface area (Å²) in [7, 11) is 0. The van der Waals surface area contributed by atoms with Crippen LogP contribution in [0.3, 0.4) is 0 Å². The first-order valence-corrected chi connectivity index (χ1v) is 14.3. The molecule has 2 aromatic heterocycles. The van der Waals surface area contributed by atoms with Crippen molar-refractivity contribution in [3.63, 3.8) is 0 Å². The molecule has 0 saturated heterocycles. The summed E-state index contributed by atoms with van der Waals surface area (Å²) in [5.41, 5.74) is 3.93. The Bertz CT molecular complexity index is 1280. The van der Waals surface area contributed by atoms with E-state index >= 15 is 0 Å². The van der Waals surface area contributed by atoms with Crippen LogP contribution in [0.5, 0.6) is 0 Å². The highest BCUT2D eigenvalue weighted by Gasteiger charge is 2.31. The fraction of sp³-hybridized carbons (Fsp3) is 0.607. The van der Waals surface area contributed by atoms with Crippen LogP contribution < -0.4 is 5.32 Å². The number of imidazole rings is 1. The zero-order valence-corrected chi connectivity index (χ0v) is 24.7. The van der Waals surface area contributed by atoms with E-state index < -0.39 is 24.5 Å². The molecule has 1 amide bonds. The van der Waals surface area contributed by atoms with E-state index in [9.17, 15) is 4.79 Å². The molecule has 4 rings (SSSR count). The lowest BCUT2D eigenvalue weighted by Gasteiger charge is -2.32. The van der Waals surface area contributed by atoms with Crippen molar-refractivity contribution in [2.24, 2.45) is 0 Å². The van der Waals surface area contributed by atoms with E-state index in [1.165, 1.54) is 0 Å². The van der Waals surface area contributed by atoms with Gasteiger partial charge in [-0.3, -0.25) is 0 Å². The van der Waals surface area contributed by atoms with Crippen LogP contribution in [-0.4, -0.2) is 53.8 Å². The number of fused-ring (bicyclic) bond motifs is 1. The molecule has 1 aliphatic carbocycles. The highest BCUT2D eigenvalue weighted by Crippen LogP contribution is 2.38. The van der Waals surface area contributed by atoms with Crippen molar-refractivity contribution in [1.82, 2.24) is 20.0 Å². The smallest absolute Gasteiger partial charge is 0.408 e. The van der Waals surface area contributed by atoms with Crippen LogP contribution in [-0.2, 0) is 14.1 Å². The molecule has 39 heavy (non-hydrogen) atoms. The third-order valence-corrected chi connectivity index (χ3v) is 7.20. The van der Waals surface area contributed by atoms with E-state index in [2.05, 4.69) is 45.7 Å². The third-order valence-electron chi connectivity index (χ3n) is 7.05. The zero-order valence-electron chi connectivity index (χ0n) is 24.8. The summed E-state index contributed by atoms with van der Waals surface area (Å²) in [6, 6.07) is 5.92. The number of rotatable bonds is 10. The number of hydrogen-bond donors (Lipinski definition) is 2. The van der Waals surface area contributed by atoms with Crippen LogP contribution in [0.4, 0.5) is 4.79 Å². The van der Waals surface area contributed by atoms with Crippen molar-refractivity contribution in [2.75, 3.05) is 13.2 Å². The Labute approximate surface area is 238 Å². The van der Waals surface area contributed by atoms with E-state index in [1.54, 1.807) is 0 Å². The fourth-order valence-corrected chi connectivity index (χ4v) is 5.56. The molecule has 1 aromatic carbocycles. The van der Waals surface area contributed by atoms with Gasteiger partial charge >= 0.3 is 12.8 Å². The maximum Gasteiger partial charge on any atom is 0.408 e. The SMILES string of the molecule is [3H]B(S)OCC[C@@H](NC(=O)OC(C)(C)C)c1nc2cc(-c3c(C)noc3C)ccc2n1C1CCC(OCC)CC1. The number of carbonyl (C=O) groups is 1. The molecule has 0 unspecified atom stereocenters. The monoisotopic (exact) mass is 558 g/mol. The Morgan fingerprint density at radius 3 is 2.67 bits per heavy atom. The fourth-order valence-electron chi connectivity index (χ4n) is 5.46. The largest absolute Gasteiger partial charge is 0.444 e. The summed E-state index contributed by atoms with van der Waals surface area (Å²) in [6.07, 6.45) is 3.94. The van der Waals surface area contributed by atoms with Gasteiger partial charge in [-0.1, -0.05) is 11.2 Å². The first-order chi connectivity index (χ1) is 19.0. The second kappa shape index (κ2) is 12.8. The molecule has 0 aliphatic heterocycles. The van der Waals surface area contributed by atoms with Gasteiger partial charge in [0.1, 0.15) is 17.2 Å². The van der Waals surface area contributed by atoms with Gasteiger partial charge in [0, 0.05) is 26.2 Å². The van der Waals surface area contributed by atoms with Crippen LogP contribution in [0.25, 0.3) is 22.2 Å². The minimum absolute atomic E-state index is 0.194. The minimum Gasteiger partial charge on any atom is -0.444 e. The van der Waals surface area contributed by atoms with Crippen molar-refractivity contribution >= 4 is 36.3 Å². The maximum absolute atomic E-state index is 12.9. The molecule has 3 aromatic rings. The summed E-state index contributed by atoms with van der Waals surface area (Å²) >= 11 is 4.03. The average molecular weight is 559 g/mol. The van der Waals surface area contributed by atoms with Crippen molar-refractivity contribution in [2.45, 2.75) is 97.4 Å². The number of ether oxygens (including phenoxy) is 2. The number of aryl methyl sites for hydroxylation is 2. The lowest BCUT2D eigenvalue weighted by molar-refractivity contribution is 0.0270. The van der Waals surface area contributed by atoms with Crippen molar-refractivity contribution in [3.8, 4) is 11.1 Å². The zero-order chi connectivity index (χ0) is 29.0. The number of thiol groups is 1. The predicted octanol–water partition coefficient (Wildman–Crippen LogP) is 6.00. The summed E-state index contributed by atoms with van der Waals surface area (Å²) < 4.78 is 32.3. The van der Waals surface area contributed by atoms with Crippen LogP contribution in [0.15, 0.2) is 22.7 Å². The summed E-state index contributed by atoms with van der Waals surface area (Å²) in [5, 5.41) is 7.15. The Kier molecular flexibility index (Phi) is 9.19. The second-order valence-corrected chi connectivity index (χ2v) is 11.3. The highest BCUT2D eigenvalue weighted by molar-refractivity contribution is 8.06. The van der Waals surface area contributed by atoms with E-state index in [1.807, 2.05) is 41.5 Å². The van der Waals surface area contributed by atoms with Gasteiger partial charge in [-0.25, -0.2) is 9.78 Å². The number of nitrogens with zero attached hydrogens (tertiary/aromatic N) is 3. The van der Waals surface area contributed by atoms with Crippen molar-refractivity contribution in [1.29, 1.82) is 1.34 Å². The van der Waals surface area contributed by atoms with Gasteiger partial charge in [0.15, 0.2) is 0 Å². The van der Waals surface area contributed by atoms with Crippen LogP contribution in [0.1, 0.15) is 89.2 Å². The molecule has 1 fully saturated rings. The topological polar surface area (TPSA) is 101 Å². The Hall–Kier alpha value is -2.50. The molecule has 2 heterocycles. The quantitative estimate of drug-likeness (QED) is 0.233. The average Bonchev–Trinajstić information content (AvgIpc) is 3.41. The lowest BCUT2D eigenvalue weighted by Crippen LogP contribution is -2.37. The van der Waals surface area contributed by atoms with E-state index in [0.29, 0.717) is 13.0 Å². The van der Waals surface area contributed by atoms with E-state index in [-0.39, 0.29) is 18.8 Å². The number of nitrogens with one attached hydrogen (secondary N) is 1. The molecule has 11 heteroatoms. The number of benzene rings is 1. The van der Waals surface area contributed by atoms with Gasteiger partial charge < -0.3 is 28.5 Å². The van der Waals surface area contributed by atoms with Gasteiger partial charge in [-0.15, -0.1) is 0 Å². The molecule has 1 N–H and O–H groups in total. The maximum atomic E-state index is 12.9. The number of amides is 1. The van der Waals surface area contributed by atoms with Crippen LogP contribution >= 0.6 is 12.5 Å². The Morgan fingerprint density at radius 1 is 1.31 bits per heavy atom. The molecule has 0 radical (unpaired) electrons. The van der Waals surface area contributed by atoms with E-state index in [0.717, 1.165) is 65.1 Å². The van der Waals surface area contributed by atoms with Gasteiger partial charge in [0.05, 0.1) is 28.9 Å². The molecule has 0 spiro atoms. The Morgan fingerprint density at radius 2 is 2.05 bits per heavy atom. The predicted molar refractivity (Wildman–Crippen MR) is 156 cm³/mol. The van der Waals surface area contributed by atoms with Gasteiger partial charge in [-0.05, 0) is 91.3 Å². The van der Waals surface area contributed by atoms with Crippen LogP contribution in [0, 0.1) is 13.8 Å². The van der Waals surface area contributed by atoms with Gasteiger partial charge in [0.2, 0.25) is 0 Å². The number of hydrogen-bond acceptors (Lipinski definition) is 8. The molecular weight excluding hydrogens is 515 g/mol. The first-order valence-electron chi connectivity index (χ1n) is 14.3. The molecule has 1 aliphatic rings. The molecule has 1 atom stereocenters. The summed E-state index contributed by atoms with van der Waals surface area (Å²) in [6.45, 7) is 11.3. The lowest BCUT2D eigenvalue weighted by atomic mass is 9.92. The third kappa shape index (κ3) is 7.18. The number of aromatic nitrogens is 3. The molecule has 0 bridgehead atoms. The van der Waals surface area contributed by atoms with Crippen LogP contribution in [0.2, 0.25) is 0 Å². The normalized spacial score (nSPS) is 19.1. The van der Waals surface area contributed by atoms with Crippen molar-refractivity contribution < 1.29 is 23.4 Å². The van der Waals surface area contributed by atoms with E-state index in [4.69, 9.17) is 25.0 Å². The molecule has 1 saturated carbocycles. The second-order valence-electron chi connectivity index (χ2n) is 11.1. The minimum atomic E-state index is -0.965.